The lowest BCUT2D eigenvalue weighted by Crippen LogP contribution is -2.41. The van der Waals surface area contributed by atoms with Crippen LogP contribution >= 0.6 is 0 Å². The molecule has 0 radical (unpaired) electrons. The second-order valence-corrected chi connectivity index (χ2v) is 9.80. The van der Waals surface area contributed by atoms with Crippen molar-refractivity contribution in [2.24, 2.45) is 0 Å². The van der Waals surface area contributed by atoms with Crippen molar-refractivity contribution in [1.29, 1.82) is 0 Å². The van der Waals surface area contributed by atoms with Crippen molar-refractivity contribution in [3.8, 4) is 22.6 Å². The van der Waals surface area contributed by atoms with Crippen LogP contribution in [0.2, 0.25) is 0 Å². The Kier molecular flexibility index (Phi) is 10.3. The Hall–Kier alpha value is -3.96. The number of nitrogens with zero attached hydrogens (tertiary/aromatic N) is 2. The number of morpholine rings is 1. The van der Waals surface area contributed by atoms with Crippen LogP contribution in [0.3, 0.4) is 0 Å². The van der Waals surface area contributed by atoms with Crippen LogP contribution < -0.4 is 20.2 Å². The molecule has 0 bridgehead atoms. The van der Waals surface area contributed by atoms with E-state index in [4.69, 9.17) is 14.2 Å². The predicted molar refractivity (Wildman–Crippen MR) is 152 cm³/mol. The molecule has 0 saturated carbocycles. The van der Waals surface area contributed by atoms with Crippen LogP contribution in [0.5, 0.6) is 11.5 Å². The van der Waals surface area contributed by atoms with Crippen molar-refractivity contribution in [2.75, 3.05) is 46.0 Å². The molecule has 1 aromatic heterocycles. The van der Waals surface area contributed by atoms with E-state index in [-0.39, 0.29) is 35.3 Å². The molecular weight excluding hydrogens is 533 g/mol. The molecule has 41 heavy (non-hydrogen) atoms. The predicted octanol–water partition coefficient (Wildman–Crippen LogP) is 3.29. The van der Waals surface area contributed by atoms with Crippen LogP contribution in [-0.4, -0.2) is 78.6 Å². The van der Waals surface area contributed by atoms with Gasteiger partial charge in [-0.2, -0.15) is 0 Å². The number of carbonyl (C=O) groups excluding carboxylic acids is 1. The SMILES string of the molecule is CCCOc1ccc(F)c2c(=O)c(-c3ccc(OC(CC)C(=O)O)cc3)cn(CC(=O)NCCN3CCOCC3)c12. The van der Waals surface area contributed by atoms with Crippen molar-refractivity contribution < 1.29 is 33.3 Å². The van der Waals surface area contributed by atoms with Gasteiger partial charge in [-0.15, -0.1) is 0 Å². The van der Waals surface area contributed by atoms with Crippen molar-refractivity contribution in [2.45, 2.75) is 39.3 Å². The number of ether oxygens (including phenoxy) is 3. The first-order valence-corrected chi connectivity index (χ1v) is 13.9. The fourth-order valence-electron chi connectivity index (χ4n) is 4.70. The number of aromatic nitrogens is 1. The van der Waals surface area contributed by atoms with Crippen molar-refractivity contribution in [3.05, 3.63) is 58.6 Å². The molecule has 1 saturated heterocycles. The lowest BCUT2D eigenvalue weighted by atomic mass is 10.0. The van der Waals surface area contributed by atoms with Crippen molar-refractivity contribution in [3.63, 3.8) is 0 Å². The zero-order valence-electron chi connectivity index (χ0n) is 23.4. The van der Waals surface area contributed by atoms with E-state index in [1.54, 1.807) is 35.8 Å². The molecule has 2 heterocycles. The Balaban J connectivity index is 1.67. The van der Waals surface area contributed by atoms with Crippen LogP contribution in [0.4, 0.5) is 4.39 Å². The minimum Gasteiger partial charge on any atom is -0.491 e. The fourth-order valence-corrected chi connectivity index (χ4v) is 4.70. The zero-order valence-corrected chi connectivity index (χ0v) is 23.4. The smallest absolute Gasteiger partial charge is 0.344 e. The highest BCUT2D eigenvalue weighted by Crippen LogP contribution is 2.30. The average Bonchev–Trinajstić information content (AvgIpc) is 2.97. The number of pyridine rings is 1. The summed E-state index contributed by atoms with van der Waals surface area (Å²) >= 11 is 0. The molecule has 2 N–H and O–H groups in total. The third-order valence-electron chi connectivity index (χ3n) is 6.85. The number of rotatable bonds is 13. The average molecular weight is 570 g/mol. The number of carbonyl (C=O) groups is 2. The van der Waals surface area contributed by atoms with E-state index < -0.39 is 23.3 Å². The van der Waals surface area contributed by atoms with Crippen LogP contribution in [0.1, 0.15) is 26.7 Å². The van der Waals surface area contributed by atoms with Gasteiger partial charge in [0.15, 0.2) is 11.5 Å². The van der Waals surface area contributed by atoms with E-state index >= 15 is 4.39 Å². The maximum atomic E-state index is 15.2. The van der Waals surface area contributed by atoms with Gasteiger partial charge in [0, 0.05) is 37.9 Å². The highest BCUT2D eigenvalue weighted by atomic mass is 19.1. The van der Waals surface area contributed by atoms with Crippen molar-refractivity contribution in [1.82, 2.24) is 14.8 Å². The Morgan fingerprint density at radius 1 is 1.12 bits per heavy atom. The quantitative estimate of drug-likeness (QED) is 0.322. The van der Waals surface area contributed by atoms with Crippen LogP contribution in [0.15, 0.2) is 47.4 Å². The summed E-state index contributed by atoms with van der Waals surface area (Å²) in [5.74, 6) is -1.44. The zero-order chi connectivity index (χ0) is 29.4. The van der Waals surface area contributed by atoms with E-state index in [0.717, 1.165) is 13.1 Å². The monoisotopic (exact) mass is 569 g/mol. The number of nitrogens with one attached hydrogen (secondary N) is 1. The number of fused-ring (bicyclic) bond motifs is 1. The van der Waals surface area contributed by atoms with Gasteiger partial charge in [-0.1, -0.05) is 26.0 Å². The number of carboxylic acid groups (broad SMARTS) is 1. The van der Waals surface area contributed by atoms with Crippen LogP contribution in [-0.2, 0) is 20.9 Å². The van der Waals surface area contributed by atoms with E-state index in [0.29, 0.717) is 56.4 Å². The molecule has 4 rings (SSSR count). The molecule has 1 amide bonds. The molecule has 0 aliphatic carbocycles. The molecule has 1 aliphatic rings. The number of amides is 1. The summed E-state index contributed by atoms with van der Waals surface area (Å²) < 4.78 is 33.5. The van der Waals surface area contributed by atoms with Gasteiger partial charge in [0.25, 0.3) is 0 Å². The first kappa shape index (κ1) is 30.0. The lowest BCUT2D eigenvalue weighted by molar-refractivity contribution is -0.145. The Bertz CT molecular complexity index is 1420. The van der Waals surface area contributed by atoms with E-state index in [2.05, 4.69) is 10.2 Å². The molecule has 1 unspecified atom stereocenters. The van der Waals surface area contributed by atoms with Crippen molar-refractivity contribution >= 4 is 22.8 Å². The Morgan fingerprint density at radius 3 is 2.51 bits per heavy atom. The van der Waals surface area contributed by atoms with Gasteiger partial charge in [0.1, 0.15) is 23.9 Å². The van der Waals surface area contributed by atoms with Gasteiger partial charge in [-0.25, -0.2) is 9.18 Å². The summed E-state index contributed by atoms with van der Waals surface area (Å²) in [5.41, 5.74) is 0.312. The molecule has 11 heteroatoms. The second kappa shape index (κ2) is 14.1. The normalized spacial score (nSPS) is 14.5. The number of hydrogen-bond acceptors (Lipinski definition) is 7. The number of benzene rings is 2. The highest BCUT2D eigenvalue weighted by molar-refractivity contribution is 5.90. The number of hydrogen-bond donors (Lipinski definition) is 2. The minimum atomic E-state index is -1.08. The largest absolute Gasteiger partial charge is 0.491 e. The summed E-state index contributed by atoms with van der Waals surface area (Å²) in [6.07, 6.45) is 1.52. The fraction of sp³-hybridized carbons (Fsp3) is 0.433. The standard InChI is InChI=1S/C30H36FN3O7/c1-3-15-40-25-10-9-23(31)27-28(25)34(19-26(35)32-11-12-33-13-16-39-17-14-33)18-22(29(27)36)20-5-7-21(8-6-20)41-24(4-2)30(37)38/h5-10,18,24H,3-4,11-17,19H2,1-2H3,(H,32,35)(H,37,38). The van der Waals surface area contributed by atoms with E-state index in [9.17, 15) is 19.5 Å². The summed E-state index contributed by atoms with van der Waals surface area (Å²) in [4.78, 5) is 40.2. The van der Waals surface area contributed by atoms with Crippen LogP contribution in [0.25, 0.3) is 22.0 Å². The number of halogens is 1. The molecule has 10 nitrogen and oxygen atoms in total. The minimum absolute atomic E-state index is 0.156. The Labute approximate surface area is 237 Å². The summed E-state index contributed by atoms with van der Waals surface area (Å²) in [6.45, 7) is 7.90. The second-order valence-electron chi connectivity index (χ2n) is 9.80. The summed E-state index contributed by atoms with van der Waals surface area (Å²) in [6, 6.07) is 8.99. The molecule has 2 aromatic carbocycles. The molecule has 220 valence electrons. The van der Waals surface area contributed by atoms with Gasteiger partial charge in [0.05, 0.1) is 30.7 Å². The molecular formula is C30H36FN3O7. The Morgan fingerprint density at radius 2 is 1.85 bits per heavy atom. The number of carboxylic acids is 1. The van der Waals surface area contributed by atoms with E-state index in [1.807, 2.05) is 6.92 Å². The highest BCUT2D eigenvalue weighted by Gasteiger charge is 2.21. The maximum Gasteiger partial charge on any atom is 0.344 e. The van der Waals surface area contributed by atoms with Gasteiger partial charge in [-0.05, 0) is 42.7 Å². The summed E-state index contributed by atoms with van der Waals surface area (Å²) in [5, 5.41) is 12.0. The van der Waals surface area contributed by atoms with Gasteiger partial charge >= 0.3 is 5.97 Å². The van der Waals surface area contributed by atoms with Gasteiger partial charge in [0.2, 0.25) is 5.91 Å². The summed E-state index contributed by atoms with van der Waals surface area (Å²) in [7, 11) is 0. The third-order valence-corrected chi connectivity index (χ3v) is 6.85. The van der Waals surface area contributed by atoms with Gasteiger partial charge < -0.3 is 29.2 Å². The van der Waals surface area contributed by atoms with Gasteiger partial charge in [-0.3, -0.25) is 14.5 Å². The molecule has 0 spiro atoms. The van der Waals surface area contributed by atoms with Crippen LogP contribution in [0, 0.1) is 5.82 Å². The first-order chi connectivity index (χ1) is 19.8. The maximum absolute atomic E-state index is 15.2. The molecule has 1 fully saturated rings. The molecule has 1 atom stereocenters. The number of aliphatic carboxylic acids is 1. The van der Waals surface area contributed by atoms with E-state index in [1.165, 1.54) is 18.3 Å². The lowest BCUT2D eigenvalue weighted by Gasteiger charge is -2.26. The molecule has 1 aliphatic heterocycles. The first-order valence-electron chi connectivity index (χ1n) is 13.9. The molecule has 3 aromatic rings. The third kappa shape index (κ3) is 7.42. The topological polar surface area (TPSA) is 119 Å².